The van der Waals surface area contributed by atoms with Gasteiger partial charge in [0.05, 0.1) is 30.0 Å². The van der Waals surface area contributed by atoms with Crippen LogP contribution in [0, 0.1) is 34.5 Å². The summed E-state index contributed by atoms with van der Waals surface area (Å²) in [6.07, 6.45) is 0.756. The molecular formula is C20H32O5. The zero-order valence-electron chi connectivity index (χ0n) is 15.6. The van der Waals surface area contributed by atoms with Gasteiger partial charge in [0.15, 0.2) is 0 Å². The van der Waals surface area contributed by atoms with Crippen LogP contribution in [0.2, 0.25) is 0 Å². The summed E-state index contributed by atoms with van der Waals surface area (Å²) in [5.74, 6) is 0.314. The standard InChI is InChI=1S/C20H32O5/c1-9-10-5-6-11-15(23)19(10,16-18(11,4)25-16)8-14(22)20(24)12(9)7-13(21)17(20,2)3/h9-16,21-24H,5-8H2,1-4H3/t9-,10-,11+,12-,13-,14+,15+,16-,18-,19-,20-/m0/s1. The van der Waals surface area contributed by atoms with Crippen molar-refractivity contribution in [1.29, 1.82) is 0 Å². The second kappa shape index (κ2) is 4.44. The van der Waals surface area contributed by atoms with Gasteiger partial charge in [0, 0.05) is 16.7 Å². The quantitative estimate of drug-likeness (QED) is 0.489. The first-order valence-corrected chi connectivity index (χ1v) is 9.97. The molecule has 4 aliphatic carbocycles. The van der Waals surface area contributed by atoms with Crippen LogP contribution in [0.1, 0.15) is 53.4 Å². The van der Waals surface area contributed by atoms with Gasteiger partial charge in [-0.1, -0.05) is 20.8 Å². The van der Waals surface area contributed by atoms with Gasteiger partial charge in [-0.2, -0.15) is 0 Å². The highest BCUT2D eigenvalue weighted by atomic mass is 16.6. The lowest BCUT2D eigenvalue weighted by Gasteiger charge is -2.49. The Bertz CT molecular complexity index is 617. The summed E-state index contributed by atoms with van der Waals surface area (Å²) in [6, 6.07) is 0. The largest absolute Gasteiger partial charge is 0.392 e. The summed E-state index contributed by atoms with van der Waals surface area (Å²) in [6.45, 7) is 7.99. The molecule has 0 aromatic heterocycles. The van der Waals surface area contributed by atoms with Gasteiger partial charge in [0.2, 0.25) is 0 Å². The third-order valence-electron chi connectivity index (χ3n) is 9.70. The lowest BCUT2D eigenvalue weighted by molar-refractivity contribution is -0.181. The first-order chi connectivity index (χ1) is 11.5. The average Bonchev–Trinajstić information content (AvgIpc) is 3.17. The summed E-state index contributed by atoms with van der Waals surface area (Å²) in [5.41, 5.74) is -2.82. The molecule has 4 N–H and O–H groups in total. The number of aliphatic hydroxyl groups excluding tert-OH is 3. The number of hydrogen-bond acceptors (Lipinski definition) is 5. The summed E-state index contributed by atoms with van der Waals surface area (Å²) in [5, 5.41) is 44.8. The Kier molecular flexibility index (Phi) is 3.01. The highest BCUT2D eigenvalue weighted by Gasteiger charge is 2.82. The normalized spacial score (nSPS) is 67.2. The number of epoxide rings is 1. The fraction of sp³-hybridized carbons (Fsp3) is 1.00. The molecule has 5 nitrogen and oxygen atoms in total. The second-order valence-corrected chi connectivity index (χ2v) is 10.5. The van der Waals surface area contributed by atoms with E-state index in [-0.39, 0.29) is 35.4 Å². The maximum absolute atomic E-state index is 11.7. The van der Waals surface area contributed by atoms with E-state index in [2.05, 4.69) is 13.8 Å². The fourth-order valence-corrected chi connectivity index (χ4v) is 8.13. The van der Waals surface area contributed by atoms with Crippen LogP contribution in [0.5, 0.6) is 0 Å². The Morgan fingerprint density at radius 1 is 0.920 bits per heavy atom. The van der Waals surface area contributed by atoms with E-state index < -0.39 is 34.7 Å². The molecule has 5 aliphatic rings. The van der Waals surface area contributed by atoms with E-state index in [4.69, 9.17) is 4.74 Å². The van der Waals surface area contributed by atoms with Crippen molar-refractivity contribution in [3.63, 3.8) is 0 Å². The Hall–Kier alpha value is -0.200. The van der Waals surface area contributed by atoms with Crippen molar-refractivity contribution in [2.24, 2.45) is 34.5 Å². The van der Waals surface area contributed by atoms with Gasteiger partial charge in [-0.3, -0.25) is 0 Å². The first kappa shape index (κ1) is 16.9. The summed E-state index contributed by atoms with van der Waals surface area (Å²) in [7, 11) is 0. The number of hydrogen-bond donors (Lipinski definition) is 4. The number of rotatable bonds is 0. The smallest absolute Gasteiger partial charge is 0.101 e. The van der Waals surface area contributed by atoms with E-state index in [1.165, 1.54) is 0 Å². The third kappa shape index (κ3) is 1.54. The molecule has 2 bridgehead atoms. The van der Waals surface area contributed by atoms with Crippen LogP contribution in [0.25, 0.3) is 0 Å². The lowest BCUT2D eigenvalue weighted by atomic mass is 9.58. The minimum Gasteiger partial charge on any atom is -0.392 e. The predicted molar refractivity (Wildman–Crippen MR) is 90.6 cm³/mol. The molecule has 1 spiro atoms. The average molecular weight is 352 g/mol. The predicted octanol–water partition coefficient (Wildman–Crippen LogP) is 1.07. The number of fused-ring (bicyclic) bond motifs is 4. The summed E-state index contributed by atoms with van der Waals surface area (Å²) in [4.78, 5) is 0. The minimum atomic E-state index is -1.33. The van der Waals surface area contributed by atoms with Gasteiger partial charge in [-0.25, -0.2) is 0 Å². The molecule has 0 amide bonds. The molecule has 142 valence electrons. The van der Waals surface area contributed by atoms with Crippen molar-refractivity contribution >= 4 is 0 Å². The zero-order chi connectivity index (χ0) is 18.2. The molecule has 25 heavy (non-hydrogen) atoms. The van der Waals surface area contributed by atoms with Gasteiger partial charge in [0.1, 0.15) is 5.60 Å². The second-order valence-electron chi connectivity index (χ2n) is 10.5. The molecule has 0 unspecified atom stereocenters. The van der Waals surface area contributed by atoms with E-state index in [1.807, 2.05) is 13.8 Å². The van der Waals surface area contributed by atoms with Crippen molar-refractivity contribution < 1.29 is 25.2 Å². The van der Waals surface area contributed by atoms with Crippen molar-refractivity contribution in [3.05, 3.63) is 0 Å². The van der Waals surface area contributed by atoms with Gasteiger partial charge >= 0.3 is 0 Å². The summed E-state index contributed by atoms with van der Waals surface area (Å²) >= 11 is 0. The third-order valence-corrected chi connectivity index (χ3v) is 9.70. The van der Waals surface area contributed by atoms with Crippen LogP contribution in [0.4, 0.5) is 0 Å². The molecule has 5 rings (SSSR count). The van der Waals surface area contributed by atoms with Crippen molar-refractivity contribution in [1.82, 2.24) is 0 Å². The summed E-state index contributed by atoms with van der Waals surface area (Å²) < 4.78 is 6.12. The van der Waals surface area contributed by atoms with Crippen molar-refractivity contribution in [2.75, 3.05) is 0 Å². The van der Waals surface area contributed by atoms with Crippen LogP contribution >= 0.6 is 0 Å². The molecule has 0 aromatic rings. The molecule has 0 aromatic carbocycles. The molecule has 0 radical (unpaired) electrons. The molecule has 5 heteroatoms. The molecule has 4 saturated carbocycles. The fourth-order valence-electron chi connectivity index (χ4n) is 8.13. The molecular weight excluding hydrogens is 320 g/mol. The maximum atomic E-state index is 11.7. The van der Waals surface area contributed by atoms with Crippen molar-refractivity contribution in [2.45, 2.75) is 89.0 Å². The van der Waals surface area contributed by atoms with Gasteiger partial charge < -0.3 is 25.2 Å². The zero-order valence-corrected chi connectivity index (χ0v) is 15.6. The van der Waals surface area contributed by atoms with E-state index in [0.29, 0.717) is 12.8 Å². The lowest BCUT2D eigenvalue weighted by Crippen LogP contribution is -2.57. The first-order valence-electron chi connectivity index (χ1n) is 9.97. The van der Waals surface area contributed by atoms with Gasteiger partial charge in [-0.15, -0.1) is 0 Å². The van der Waals surface area contributed by atoms with Crippen LogP contribution in [-0.4, -0.2) is 56.0 Å². The monoisotopic (exact) mass is 352 g/mol. The highest BCUT2D eigenvalue weighted by molar-refractivity contribution is 5.30. The Balaban J connectivity index is 1.65. The molecule has 11 atom stereocenters. The molecule has 5 fully saturated rings. The van der Waals surface area contributed by atoms with Crippen molar-refractivity contribution in [3.8, 4) is 0 Å². The van der Waals surface area contributed by atoms with E-state index in [9.17, 15) is 20.4 Å². The van der Waals surface area contributed by atoms with Gasteiger partial charge in [-0.05, 0) is 50.4 Å². The number of aliphatic hydroxyl groups is 4. The molecule has 1 saturated heterocycles. The molecule has 1 aliphatic heterocycles. The van der Waals surface area contributed by atoms with Crippen LogP contribution < -0.4 is 0 Å². The minimum absolute atomic E-state index is 0.0138. The van der Waals surface area contributed by atoms with Gasteiger partial charge in [0.25, 0.3) is 0 Å². The highest BCUT2D eigenvalue weighted by Crippen LogP contribution is 2.74. The number of ether oxygens (including phenoxy) is 1. The van der Waals surface area contributed by atoms with Crippen LogP contribution in [-0.2, 0) is 4.74 Å². The van der Waals surface area contributed by atoms with E-state index >= 15 is 0 Å². The van der Waals surface area contributed by atoms with E-state index in [1.54, 1.807) is 0 Å². The van der Waals surface area contributed by atoms with E-state index in [0.717, 1.165) is 12.8 Å². The van der Waals surface area contributed by atoms with Crippen LogP contribution in [0.15, 0.2) is 0 Å². The Morgan fingerprint density at radius 3 is 2.24 bits per heavy atom. The maximum Gasteiger partial charge on any atom is 0.101 e. The van der Waals surface area contributed by atoms with Crippen LogP contribution in [0.3, 0.4) is 0 Å². The Morgan fingerprint density at radius 2 is 1.56 bits per heavy atom. The Labute approximate surface area is 149 Å². The SMILES string of the molecule is C[C@H]1[C@@H]2CC[C@@H]3[C@@H](O)[C@@]2(C[C@@H](O)[C@@]2(O)[C@H]1C[C@H](O)C2(C)C)[C@H]1O[C@@]31C. The molecule has 1 heterocycles. The topological polar surface area (TPSA) is 93.5 Å².